The second kappa shape index (κ2) is 6.24. The molecule has 3 rings (SSSR count). The van der Waals surface area contributed by atoms with E-state index in [-0.39, 0.29) is 5.91 Å². The number of carbonyl (C=O) groups is 2. The summed E-state index contributed by atoms with van der Waals surface area (Å²) in [6.45, 7) is 2.89. The van der Waals surface area contributed by atoms with Crippen LogP contribution in [0.3, 0.4) is 0 Å². The third-order valence-electron chi connectivity index (χ3n) is 4.34. The topological polar surface area (TPSA) is 46.6 Å². The number of benzene rings is 2. The largest absolute Gasteiger partial charge is 0.465 e. The third kappa shape index (κ3) is 2.84. The number of rotatable bonds is 2. The molecule has 1 atom stereocenters. The van der Waals surface area contributed by atoms with Gasteiger partial charge in [0.25, 0.3) is 5.91 Å². The van der Waals surface area contributed by atoms with E-state index in [1.807, 2.05) is 23.1 Å². The lowest BCUT2D eigenvalue weighted by molar-refractivity contribution is 0.0600. The summed E-state index contributed by atoms with van der Waals surface area (Å²) in [4.78, 5) is 26.1. The molecule has 1 unspecified atom stereocenters. The molecular formula is C19H19NO3. The van der Waals surface area contributed by atoms with Crippen LogP contribution in [0.4, 0.5) is 5.69 Å². The van der Waals surface area contributed by atoms with Crippen molar-refractivity contribution < 1.29 is 14.3 Å². The molecule has 2 aromatic rings. The first-order chi connectivity index (χ1) is 11.1. The van der Waals surface area contributed by atoms with Gasteiger partial charge in [0, 0.05) is 17.8 Å². The molecule has 0 radical (unpaired) electrons. The van der Waals surface area contributed by atoms with Crippen LogP contribution in [0.1, 0.15) is 45.5 Å². The van der Waals surface area contributed by atoms with Crippen molar-refractivity contribution in [2.45, 2.75) is 19.3 Å². The van der Waals surface area contributed by atoms with Gasteiger partial charge in [0.15, 0.2) is 0 Å². The highest BCUT2D eigenvalue weighted by atomic mass is 16.5. The zero-order valence-electron chi connectivity index (χ0n) is 13.3. The molecular weight excluding hydrogens is 290 g/mol. The number of methoxy groups -OCH3 is 1. The lowest BCUT2D eigenvalue weighted by Crippen LogP contribution is -2.36. The average Bonchev–Trinajstić information content (AvgIpc) is 2.61. The van der Waals surface area contributed by atoms with Crippen LogP contribution in [-0.4, -0.2) is 25.5 Å². The predicted octanol–water partition coefficient (Wildman–Crippen LogP) is 3.63. The Morgan fingerprint density at radius 3 is 2.39 bits per heavy atom. The van der Waals surface area contributed by atoms with Crippen LogP contribution in [0, 0.1) is 0 Å². The van der Waals surface area contributed by atoms with Crippen molar-refractivity contribution in [3.8, 4) is 0 Å². The van der Waals surface area contributed by atoms with Crippen LogP contribution in [-0.2, 0) is 4.74 Å². The molecule has 0 saturated carbocycles. The number of hydrogen-bond acceptors (Lipinski definition) is 3. The first-order valence-corrected chi connectivity index (χ1v) is 7.71. The van der Waals surface area contributed by atoms with Crippen LogP contribution >= 0.6 is 0 Å². The lowest BCUT2D eigenvalue weighted by atomic mass is 9.91. The fourth-order valence-corrected chi connectivity index (χ4v) is 2.98. The number of carbonyl (C=O) groups excluding carboxylic acids is 2. The first kappa shape index (κ1) is 15.3. The number of fused-ring (bicyclic) bond motifs is 1. The van der Waals surface area contributed by atoms with Gasteiger partial charge in [0.1, 0.15) is 0 Å². The molecule has 1 amide bonds. The minimum atomic E-state index is -0.402. The SMILES string of the molecule is COC(=O)c1ccc(C(=O)N2CCC(C)c3ccccc32)cc1. The van der Waals surface area contributed by atoms with Crippen LogP contribution in [0.2, 0.25) is 0 Å². The number of para-hydroxylation sites is 1. The highest BCUT2D eigenvalue weighted by molar-refractivity contribution is 6.07. The monoisotopic (exact) mass is 309 g/mol. The summed E-state index contributed by atoms with van der Waals surface area (Å²) in [5.74, 6) is 0.0128. The van der Waals surface area contributed by atoms with Gasteiger partial charge in [-0.15, -0.1) is 0 Å². The van der Waals surface area contributed by atoms with Crippen molar-refractivity contribution in [1.82, 2.24) is 0 Å². The molecule has 0 fully saturated rings. The van der Waals surface area contributed by atoms with Crippen molar-refractivity contribution in [2.24, 2.45) is 0 Å². The van der Waals surface area contributed by atoms with Crippen molar-refractivity contribution in [3.05, 3.63) is 65.2 Å². The van der Waals surface area contributed by atoms with Gasteiger partial charge in [-0.05, 0) is 48.2 Å². The molecule has 0 saturated heterocycles. The maximum atomic E-state index is 12.8. The molecule has 4 heteroatoms. The van der Waals surface area contributed by atoms with Gasteiger partial charge >= 0.3 is 5.97 Å². The number of nitrogens with zero attached hydrogens (tertiary/aromatic N) is 1. The average molecular weight is 309 g/mol. The minimum absolute atomic E-state index is 0.0410. The summed E-state index contributed by atoms with van der Waals surface area (Å²) in [7, 11) is 1.34. The van der Waals surface area contributed by atoms with Gasteiger partial charge in [-0.3, -0.25) is 4.79 Å². The summed E-state index contributed by atoms with van der Waals surface area (Å²) < 4.78 is 4.68. The van der Waals surface area contributed by atoms with E-state index < -0.39 is 5.97 Å². The quantitative estimate of drug-likeness (QED) is 0.796. The van der Waals surface area contributed by atoms with Gasteiger partial charge < -0.3 is 9.64 Å². The molecule has 23 heavy (non-hydrogen) atoms. The standard InChI is InChI=1S/C19H19NO3/c1-13-11-12-20(17-6-4-3-5-16(13)17)18(21)14-7-9-15(10-8-14)19(22)23-2/h3-10,13H,11-12H2,1-2H3. The van der Waals surface area contributed by atoms with Crippen molar-refractivity contribution in [2.75, 3.05) is 18.6 Å². The predicted molar refractivity (Wildman–Crippen MR) is 88.9 cm³/mol. The molecule has 118 valence electrons. The number of esters is 1. The number of hydrogen-bond donors (Lipinski definition) is 0. The molecule has 2 aromatic carbocycles. The van der Waals surface area contributed by atoms with E-state index in [1.54, 1.807) is 24.3 Å². The maximum Gasteiger partial charge on any atom is 0.337 e. The Labute approximate surface area is 135 Å². The van der Waals surface area contributed by atoms with Crippen LogP contribution in [0.5, 0.6) is 0 Å². The molecule has 0 aromatic heterocycles. The Balaban J connectivity index is 1.89. The van der Waals surface area contributed by atoms with Gasteiger partial charge in [-0.1, -0.05) is 25.1 Å². The van der Waals surface area contributed by atoms with Gasteiger partial charge in [-0.25, -0.2) is 4.79 Å². The Kier molecular flexibility index (Phi) is 4.15. The molecule has 1 aliphatic heterocycles. The summed E-state index contributed by atoms with van der Waals surface area (Å²) in [6, 6.07) is 14.6. The van der Waals surface area contributed by atoms with Crippen molar-refractivity contribution in [3.63, 3.8) is 0 Å². The lowest BCUT2D eigenvalue weighted by Gasteiger charge is -2.33. The first-order valence-electron chi connectivity index (χ1n) is 7.71. The van der Waals surface area contributed by atoms with E-state index in [4.69, 9.17) is 0 Å². The summed E-state index contributed by atoms with van der Waals surface area (Å²) in [6.07, 6.45) is 0.947. The molecule has 0 spiro atoms. The number of ether oxygens (including phenoxy) is 1. The van der Waals surface area contributed by atoms with E-state index in [2.05, 4.69) is 17.7 Å². The Morgan fingerprint density at radius 2 is 1.70 bits per heavy atom. The second-order valence-corrected chi connectivity index (χ2v) is 5.77. The zero-order chi connectivity index (χ0) is 16.4. The van der Waals surface area contributed by atoms with Crippen molar-refractivity contribution >= 4 is 17.6 Å². The molecule has 0 N–H and O–H groups in total. The summed E-state index contributed by atoms with van der Waals surface area (Å²) in [5.41, 5.74) is 3.20. The van der Waals surface area contributed by atoms with E-state index in [9.17, 15) is 9.59 Å². The third-order valence-corrected chi connectivity index (χ3v) is 4.34. The number of amides is 1. The van der Waals surface area contributed by atoms with Crippen LogP contribution in [0.15, 0.2) is 48.5 Å². The van der Waals surface area contributed by atoms with E-state index in [0.717, 1.165) is 12.1 Å². The normalized spacial score (nSPS) is 16.6. The molecule has 0 aliphatic carbocycles. The number of anilines is 1. The van der Waals surface area contributed by atoms with E-state index in [1.165, 1.54) is 12.7 Å². The summed E-state index contributed by atoms with van der Waals surface area (Å²) in [5, 5.41) is 0. The van der Waals surface area contributed by atoms with Crippen LogP contribution in [0.25, 0.3) is 0 Å². The maximum absolute atomic E-state index is 12.8. The highest BCUT2D eigenvalue weighted by Gasteiger charge is 2.26. The summed E-state index contributed by atoms with van der Waals surface area (Å²) >= 11 is 0. The highest BCUT2D eigenvalue weighted by Crippen LogP contribution is 2.35. The zero-order valence-corrected chi connectivity index (χ0v) is 13.3. The van der Waals surface area contributed by atoms with Crippen molar-refractivity contribution in [1.29, 1.82) is 0 Å². The fourth-order valence-electron chi connectivity index (χ4n) is 2.98. The van der Waals surface area contributed by atoms with Gasteiger partial charge in [-0.2, -0.15) is 0 Å². The fraction of sp³-hybridized carbons (Fsp3) is 0.263. The van der Waals surface area contributed by atoms with Gasteiger partial charge in [0.05, 0.1) is 12.7 Å². The Bertz CT molecular complexity index is 737. The minimum Gasteiger partial charge on any atom is -0.465 e. The second-order valence-electron chi connectivity index (χ2n) is 5.77. The van der Waals surface area contributed by atoms with E-state index in [0.29, 0.717) is 23.6 Å². The van der Waals surface area contributed by atoms with Gasteiger partial charge in [0.2, 0.25) is 0 Å². The molecule has 0 bridgehead atoms. The molecule has 1 heterocycles. The van der Waals surface area contributed by atoms with Crippen LogP contribution < -0.4 is 4.90 Å². The molecule has 4 nitrogen and oxygen atoms in total. The Morgan fingerprint density at radius 1 is 1.04 bits per heavy atom. The molecule has 1 aliphatic rings. The Hall–Kier alpha value is -2.62. The van der Waals surface area contributed by atoms with E-state index >= 15 is 0 Å². The smallest absolute Gasteiger partial charge is 0.337 e.